The van der Waals surface area contributed by atoms with Crippen LogP contribution >= 0.6 is 0 Å². The standard InChI is InChI=1S/C18H32O3/c1-12(17(3,4)20)11-21-13(2)14-8-9-15-16(19)7-6-10-18(14,15)5/h12-15,20H,6-11H2,1-5H3/t12-,13+,14?,15?,18?/m0/s1. The van der Waals surface area contributed by atoms with Gasteiger partial charge < -0.3 is 9.84 Å². The van der Waals surface area contributed by atoms with Gasteiger partial charge in [-0.15, -0.1) is 0 Å². The quantitative estimate of drug-likeness (QED) is 0.843. The third kappa shape index (κ3) is 3.34. The molecule has 21 heavy (non-hydrogen) atoms. The van der Waals surface area contributed by atoms with Gasteiger partial charge in [-0.25, -0.2) is 0 Å². The van der Waals surface area contributed by atoms with E-state index in [9.17, 15) is 9.90 Å². The van der Waals surface area contributed by atoms with Crippen LogP contribution in [0.15, 0.2) is 0 Å². The van der Waals surface area contributed by atoms with Crippen molar-refractivity contribution in [1.29, 1.82) is 0 Å². The maximum Gasteiger partial charge on any atom is 0.136 e. The summed E-state index contributed by atoms with van der Waals surface area (Å²) in [5.41, 5.74) is -0.574. The molecule has 2 rings (SSSR count). The van der Waals surface area contributed by atoms with Crippen molar-refractivity contribution in [3.63, 3.8) is 0 Å². The van der Waals surface area contributed by atoms with Gasteiger partial charge in [-0.2, -0.15) is 0 Å². The lowest BCUT2D eigenvalue weighted by Gasteiger charge is -2.42. The lowest BCUT2D eigenvalue weighted by Crippen LogP contribution is -2.42. The van der Waals surface area contributed by atoms with E-state index in [1.54, 1.807) is 0 Å². The minimum absolute atomic E-state index is 0.109. The van der Waals surface area contributed by atoms with Crippen LogP contribution in [0.5, 0.6) is 0 Å². The number of ether oxygens (including phenoxy) is 1. The molecule has 2 aliphatic rings. The monoisotopic (exact) mass is 296 g/mol. The number of Topliss-reactive ketones (excluding diaryl/α,β-unsaturated/α-hetero) is 1. The van der Waals surface area contributed by atoms with Crippen LogP contribution in [-0.2, 0) is 9.53 Å². The fourth-order valence-corrected chi connectivity index (χ4v) is 4.36. The van der Waals surface area contributed by atoms with Crippen LogP contribution in [0.25, 0.3) is 0 Å². The molecule has 0 amide bonds. The van der Waals surface area contributed by atoms with Crippen LogP contribution in [0.2, 0.25) is 0 Å². The molecule has 0 heterocycles. The first-order chi connectivity index (χ1) is 9.66. The second-order valence-corrected chi connectivity index (χ2v) is 8.16. The van der Waals surface area contributed by atoms with Gasteiger partial charge in [-0.05, 0) is 57.8 Å². The summed E-state index contributed by atoms with van der Waals surface area (Å²) in [6.45, 7) is 10.7. The summed E-state index contributed by atoms with van der Waals surface area (Å²) in [5.74, 6) is 1.32. The predicted molar refractivity (Wildman–Crippen MR) is 84.1 cm³/mol. The first-order valence-electron chi connectivity index (χ1n) is 8.53. The molecule has 0 aliphatic heterocycles. The normalized spacial score (nSPS) is 36.4. The zero-order valence-electron chi connectivity index (χ0n) is 14.3. The summed E-state index contributed by atoms with van der Waals surface area (Å²) in [7, 11) is 0. The Labute approximate surface area is 129 Å². The Hall–Kier alpha value is -0.410. The average Bonchev–Trinajstić information content (AvgIpc) is 2.73. The van der Waals surface area contributed by atoms with Crippen molar-refractivity contribution in [3.05, 3.63) is 0 Å². The van der Waals surface area contributed by atoms with E-state index in [-0.39, 0.29) is 23.4 Å². The van der Waals surface area contributed by atoms with Crippen LogP contribution in [0.4, 0.5) is 0 Å². The zero-order valence-corrected chi connectivity index (χ0v) is 14.3. The van der Waals surface area contributed by atoms with E-state index >= 15 is 0 Å². The van der Waals surface area contributed by atoms with E-state index in [0.717, 1.165) is 32.1 Å². The highest BCUT2D eigenvalue weighted by Gasteiger charge is 2.52. The molecule has 2 saturated carbocycles. The highest BCUT2D eigenvalue weighted by atomic mass is 16.5. The average molecular weight is 296 g/mol. The molecule has 0 bridgehead atoms. The fourth-order valence-electron chi connectivity index (χ4n) is 4.36. The maximum atomic E-state index is 12.2. The molecule has 3 heteroatoms. The largest absolute Gasteiger partial charge is 0.390 e. The second kappa shape index (κ2) is 6.00. The number of hydrogen-bond donors (Lipinski definition) is 1. The maximum absolute atomic E-state index is 12.2. The van der Waals surface area contributed by atoms with E-state index in [1.807, 2.05) is 20.8 Å². The van der Waals surface area contributed by atoms with Crippen LogP contribution in [0.3, 0.4) is 0 Å². The van der Waals surface area contributed by atoms with Crippen LogP contribution in [0.1, 0.15) is 66.7 Å². The molecule has 2 fully saturated rings. The number of carbonyl (C=O) groups excluding carboxylic acids is 1. The van der Waals surface area contributed by atoms with Crippen molar-refractivity contribution in [2.24, 2.45) is 23.2 Å². The minimum atomic E-state index is -0.706. The summed E-state index contributed by atoms with van der Waals surface area (Å²) in [6.07, 6.45) is 5.27. The second-order valence-electron chi connectivity index (χ2n) is 8.16. The van der Waals surface area contributed by atoms with E-state index in [4.69, 9.17) is 4.74 Å². The van der Waals surface area contributed by atoms with E-state index in [0.29, 0.717) is 18.3 Å². The van der Waals surface area contributed by atoms with Crippen molar-refractivity contribution in [2.75, 3.05) is 6.61 Å². The van der Waals surface area contributed by atoms with Crippen LogP contribution in [-0.4, -0.2) is 29.2 Å². The SMILES string of the molecule is C[C@@H](OC[C@H](C)C(C)(C)O)C1CCC2C(=O)CCCC21C. The van der Waals surface area contributed by atoms with Gasteiger partial charge in [0.05, 0.1) is 18.3 Å². The van der Waals surface area contributed by atoms with Gasteiger partial charge in [0, 0.05) is 18.3 Å². The van der Waals surface area contributed by atoms with Crippen molar-refractivity contribution in [1.82, 2.24) is 0 Å². The lowest BCUT2D eigenvalue weighted by atomic mass is 9.64. The van der Waals surface area contributed by atoms with Gasteiger partial charge in [0.15, 0.2) is 0 Å². The Kier molecular flexibility index (Phi) is 4.84. The number of fused-ring (bicyclic) bond motifs is 1. The summed E-state index contributed by atoms with van der Waals surface area (Å²) in [5, 5.41) is 10.0. The van der Waals surface area contributed by atoms with Gasteiger partial charge in [-0.3, -0.25) is 4.79 Å². The van der Waals surface area contributed by atoms with Crippen molar-refractivity contribution < 1.29 is 14.6 Å². The van der Waals surface area contributed by atoms with Crippen molar-refractivity contribution in [3.8, 4) is 0 Å². The Morgan fingerprint density at radius 2 is 2.05 bits per heavy atom. The molecule has 0 saturated heterocycles. The molecule has 5 atom stereocenters. The number of ketones is 1. The molecule has 1 N–H and O–H groups in total. The zero-order chi connectivity index (χ0) is 15.8. The summed E-state index contributed by atoms with van der Waals surface area (Å²) in [6, 6.07) is 0. The summed E-state index contributed by atoms with van der Waals surface area (Å²) >= 11 is 0. The van der Waals surface area contributed by atoms with E-state index in [2.05, 4.69) is 13.8 Å². The van der Waals surface area contributed by atoms with Gasteiger partial charge in [0.2, 0.25) is 0 Å². The lowest BCUT2D eigenvalue weighted by molar-refractivity contribution is -0.132. The molecule has 0 radical (unpaired) electrons. The Morgan fingerprint density at radius 1 is 1.38 bits per heavy atom. The van der Waals surface area contributed by atoms with Crippen molar-refractivity contribution >= 4 is 5.78 Å². The molecule has 2 aliphatic carbocycles. The minimum Gasteiger partial charge on any atom is -0.390 e. The molecule has 0 aromatic carbocycles. The molecule has 0 aromatic rings. The first-order valence-corrected chi connectivity index (χ1v) is 8.53. The fraction of sp³-hybridized carbons (Fsp3) is 0.944. The number of hydrogen-bond acceptors (Lipinski definition) is 3. The predicted octanol–water partition coefficient (Wildman–Crippen LogP) is 3.58. The van der Waals surface area contributed by atoms with Gasteiger partial charge >= 0.3 is 0 Å². The summed E-state index contributed by atoms with van der Waals surface area (Å²) < 4.78 is 6.09. The number of rotatable bonds is 5. The number of aliphatic hydroxyl groups is 1. The van der Waals surface area contributed by atoms with Crippen LogP contribution in [0, 0.1) is 23.2 Å². The topological polar surface area (TPSA) is 46.5 Å². The third-order valence-corrected chi connectivity index (χ3v) is 6.32. The molecule has 3 unspecified atom stereocenters. The van der Waals surface area contributed by atoms with E-state index in [1.165, 1.54) is 0 Å². The highest BCUT2D eigenvalue weighted by molar-refractivity contribution is 5.83. The number of carbonyl (C=O) groups is 1. The smallest absolute Gasteiger partial charge is 0.136 e. The van der Waals surface area contributed by atoms with E-state index < -0.39 is 5.60 Å². The molecule has 3 nitrogen and oxygen atoms in total. The van der Waals surface area contributed by atoms with Gasteiger partial charge in [0.25, 0.3) is 0 Å². The Balaban J connectivity index is 1.97. The molecule has 0 spiro atoms. The molecule has 0 aromatic heterocycles. The van der Waals surface area contributed by atoms with Crippen LogP contribution < -0.4 is 0 Å². The Morgan fingerprint density at radius 3 is 2.67 bits per heavy atom. The van der Waals surface area contributed by atoms with Gasteiger partial charge in [-0.1, -0.05) is 13.8 Å². The van der Waals surface area contributed by atoms with Gasteiger partial charge in [0.1, 0.15) is 5.78 Å². The Bertz CT molecular complexity index is 384. The molecular weight excluding hydrogens is 264 g/mol. The highest BCUT2D eigenvalue weighted by Crippen LogP contribution is 2.55. The first kappa shape index (κ1) is 17.0. The summed E-state index contributed by atoms with van der Waals surface area (Å²) in [4.78, 5) is 12.2. The molecular formula is C18H32O3. The molecule has 122 valence electrons. The third-order valence-electron chi connectivity index (χ3n) is 6.32. The van der Waals surface area contributed by atoms with Crippen molar-refractivity contribution in [2.45, 2.75) is 78.4 Å².